The highest BCUT2D eigenvalue weighted by Gasteiger charge is 2.35. The van der Waals surface area contributed by atoms with Crippen LogP contribution in [0.4, 0.5) is 0 Å². The number of carboxylic acids is 1. The molecule has 0 spiro atoms. The van der Waals surface area contributed by atoms with E-state index in [1.807, 2.05) is 72.8 Å². The van der Waals surface area contributed by atoms with Crippen molar-refractivity contribution >= 4 is 23.8 Å². The number of esters is 1. The van der Waals surface area contributed by atoms with Crippen molar-refractivity contribution in [1.82, 2.24) is 15.5 Å². The Balaban J connectivity index is 1.49. The summed E-state index contributed by atoms with van der Waals surface area (Å²) in [5, 5.41) is 15.6. The van der Waals surface area contributed by atoms with Gasteiger partial charge in [-0.15, -0.1) is 0 Å². The molecule has 0 heterocycles. The zero-order valence-electron chi connectivity index (χ0n) is 25.3. The molecule has 9 heteroatoms. The van der Waals surface area contributed by atoms with Gasteiger partial charge in [0.25, 0.3) is 0 Å². The van der Waals surface area contributed by atoms with E-state index in [0.717, 1.165) is 22.3 Å². The lowest BCUT2D eigenvalue weighted by Gasteiger charge is -2.32. The Morgan fingerprint density at radius 2 is 1.43 bits per heavy atom. The quantitative estimate of drug-likeness (QED) is 0.229. The van der Waals surface area contributed by atoms with Gasteiger partial charge in [0, 0.05) is 12.5 Å². The zero-order chi connectivity index (χ0) is 31.5. The summed E-state index contributed by atoms with van der Waals surface area (Å²) in [5.74, 6) is -2.50. The average Bonchev–Trinajstić information content (AvgIpc) is 3.46. The number of benzene rings is 3. The molecule has 0 saturated heterocycles. The van der Waals surface area contributed by atoms with Gasteiger partial charge in [-0.05, 0) is 61.8 Å². The molecule has 0 fully saturated rings. The SMILES string of the molecule is CCOC(=O)[C@H](CCc1ccccc1)N[C@@H](C)C(=O)N(CC(=O)N[C@@H](Cc1ccccc1)C(=O)O)C1Cc2ccccc2C1. The van der Waals surface area contributed by atoms with E-state index in [1.54, 1.807) is 26.0 Å². The number of aliphatic carboxylic acids is 1. The number of carbonyl (C=O) groups excluding carboxylic acids is 3. The average molecular weight is 600 g/mol. The number of hydrogen-bond acceptors (Lipinski definition) is 6. The summed E-state index contributed by atoms with van der Waals surface area (Å²) >= 11 is 0. The molecular formula is C35H41N3O6. The summed E-state index contributed by atoms with van der Waals surface area (Å²) in [6, 6.07) is 23.8. The van der Waals surface area contributed by atoms with Gasteiger partial charge in [0.15, 0.2) is 0 Å². The molecule has 232 valence electrons. The van der Waals surface area contributed by atoms with Crippen LogP contribution >= 0.6 is 0 Å². The molecule has 0 radical (unpaired) electrons. The van der Waals surface area contributed by atoms with Gasteiger partial charge >= 0.3 is 11.9 Å². The number of ether oxygens (including phenoxy) is 1. The van der Waals surface area contributed by atoms with Crippen molar-refractivity contribution in [1.29, 1.82) is 0 Å². The third-order valence-corrected chi connectivity index (χ3v) is 7.94. The topological polar surface area (TPSA) is 125 Å². The summed E-state index contributed by atoms with van der Waals surface area (Å²) in [7, 11) is 0. The first-order chi connectivity index (χ1) is 21.2. The molecular weight excluding hydrogens is 558 g/mol. The predicted molar refractivity (Wildman–Crippen MR) is 167 cm³/mol. The van der Waals surface area contributed by atoms with Gasteiger partial charge in [0.2, 0.25) is 11.8 Å². The summed E-state index contributed by atoms with van der Waals surface area (Å²) in [6.07, 6.45) is 2.30. The molecule has 1 aliphatic rings. The molecule has 3 N–H and O–H groups in total. The number of nitrogens with zero attached hydrogens (tertiary/aromatic N) is 1. The Bertz CT molecular complexity index is 1390. The van der Waals surface area contributed by atoms with Gasteiger partial charge in [-0.3, -0.25) is 19.7 Å². The Kier molecular flexibility index (Phi) is 11.7. The number of fused-ring (bicyclic) bond motifs is 1. The van der Waals surface area contributed by atoms with Gasteiger partial charge < -0.3 is 20.1 Å². The Morgan fingerprint density at radius 3 is 2.00 bits per heavy atom. The number of nitrogens with one attached hydrogen (secondary N) is 2. The monoisotopic (exact) mass is 599 g/mol. The van der Waals surface area contributed by atoms with Crippen molar-refractivity contribution in [3.63, 3.8) is 0 Å². The fraction of sp³-hybridized carbons (Fsp3) is 0.371. The highest BCUT2D eigenvalue weighted by Crippen LogP contribution is 2.26. The lowest BCUT2D eigenvalue weighted by molar-refractivity contribution is -0.147. The number of aryl methyl sites for hydroxylation is 1. The highest BCUT2D eigenvalue weighted by atomic mass is 16.5. The molecule has 0 bridgehead atoms. The van der Waals surface area contributed by atoms with Crippen LogP contribution in [-0.2, 0) is 49.6 Å². The highest BCUT2D eigenvalue weighted by molar-refractivity contribution is 5.90. The lowest BCUT2D eigenvalue weighted by Crippen LogP contribution is -2.56. The van der Waals surface area contributed by atoms with Crippen LogP contribution in [0.15, 0.2) is 84.9 Å². The standard InChI is InChI=1S/C35H41N3O6/c1-3-44-35(43)30(19-18-25-12-6-4-7-13-25)36-24(2)33(40)38(29-21-27-16-10-11-17-28(27)22-29)23-32(39)37-31(34(41)42)20-26-14-8-5-9-15-26/h4-17,24,29-31,36H,3,18-23H2,1-2H3,(H,37,39)(H,41,42)/t24-,30-,31-/m0/s1. The second-order valence-electron chi connectivity index (χ2n) is 11.2. The van der Waals surface area contributed by atoms with Crippen molar-refractivity contribution < 1.29 is 29.0 Å². The van der Waals surface area contributed by atoms with Crippen molar-refractivity contribution in [2.75, 3.05) is 13.2 Å². The maximum Gasteiger partial charge on any atom is 0.326 e. The summed E-state index contributed by atoms with van der Waals surface area (Å²) in [5.41, 5.74) is 4.05. The number of carbonyl (C=O) groups is 4. The minimum atomic E-state index is -1.15. The molecule has 4 rings (SSSR count). The van der Waals surface area contributed by atoms with Crippen LogP contribution in [0, 0.1) is 0 Å². The van der Waals surface area contributed by atoms with Gasteiger partial charge in [-0.1, -0.05) is 84.9 Å². The van der Waals surface area contributed by atoms with E-state index in [9.17, 15) is 24.3 Å². The summed E-state index contributed by atoms with van der Waals surface area (Å²) in [6.45, 7) is 3.32. The number of amides is 2. The molecule has 3 aromatic rings. The fourth-order valence-electron chi connectivity index (χ4n) is 5.68. The molecule has 3 aromatic carbocycles. The third-order valence-electron chi connectivity index (χ3n) is 7.94. The second kappa shape index (κ2) is 15.8. The first-order valence-electron chi connectivity index (χ1n) is 15.1. The van der Waals surface area contributed by atoms with E-state index in [2.05, 4.69) is 10.6 Å². The summed E-state index contributed by atoms with van der Waals surface area (Å²) in [4.78, 5) is 53.8. The molecule has 0 unspecified atom stereocenters. The Labute approximate surface area is 258 Å². The fourth-order valence-corrected chi connectivity index (χ4v) is 5.68. The van der Waals surface area contributed by atoms with E-state index in [-0.39, 0.29) is 31.5 Å². The third kappa shape index (κ3) is 9.00. The predicted octanol–water partition coefficient (Wildman–Crippen LogP) is 3.34. The van der Waals surface area contributed by atoms with Gasteiger partial charge in [0.05, 0.1) is 19.2 Å². The number of rotatable bonds is 15. The van der Waals surface area contributed by atoms with Gasteiger partial charge in [0.1, 0.15) is 12.1 Å². The van der Waals surface area contributed by atoms with E-state index in [0.29, 0.717) is 25.7 Å². The van der Waals surface area contributed by atoms with Gasteiger partial charge in [-0.2, -0.15) is 0 Å². The van der Waals surface area contributed by atoms with Crippen LogP contribution < -0.4 is 10.6 Å². The minimum Gasteiger partial charge on any atom is -0.480 e. The number of hydrogen-bond donors (Lipinski definition) is 3. The van der Waals surface area contributed by atoms with Crippen molar-refractivity contribution in [3.8, 4) is 0 Å². The molecule has 2 amide bonds. The van der Waals surface area contributed by atoms with Crippen LogP contribution in [0.3, 0.4) is 0 Å². The molecule has 3 atom stereocenters. The largest absolute Gasteiger partial charge is 0.480 e. The van der Waals surface area contributed by atoms with Crippen LogP contribution in [0.1, 0.15) is 42.5 Å². The zero-order valence-corrected chi connectivity index (χ0v) is 25.3. The van der Waals surface area contributed by atoms with Crippen LogP contribution in [0.25, 0.3) is 0 Å². The van der Waals surface area contributed by atoms with Crippen LogP contribution in [0.5, 0.6) is 0 Å². The van der Waals surface area contributed by atoms with E-state index >= 15 is 0 Å². The van der Waals surface area contributed by atoms with E-state index < -0.39 is 36.0 Å². The first-order valence-corrected chi connectivity index (χ1v) is 15.1. The van der Waals surface area contributed by atoms with E-state index in [4.69, 9.17) is 4.74 Å². The Morgan fingerprint density at radius 1 is 0.864 bits per heavy atom. The van der Waals surface area contributed by atoms with Gasteiger partial charge in [-0.25, -0.2) is 4.79 Å². The second-order valence-corrected chi connectivity index (χ2v) is 11.2. The molecule has 9 nitrogen and oxygen atoms in total. The molecule has 0 saturated carbocycles. The maximum atomic E-state index is 14.0. The molecule has 1 aliphatic carbocycles. The van der Waals surface area contributed by atoms with Crippen LogP contribution in [-0.4, -0.2) is 71.1 Å². The summed E-state index contributed by atoms with van der Waals surface area (Å²) < 4.78 is 5.31. The first kappa shape index (κ1) is 32.4. The molecule has 44 heavy (non-hydrogen) atoms. The number of carboxylic acid groups (broad SMARTS) is 1. The van der Waals surface area contributed by atoms with Crippen molar-refractivity contribution in [2.24, 2.45) is 0 Å². The Hall–Kier alpha value is -4.50. The van der Waals surface area contributed by atoms with E-state index in [1.165, 1.54) is 4.90 Å². The molecule has 0 aliphatic heterocycles. The van der Waals surface area contributed by atoms with Crippen molar-refractivity contribution in [3.05, 3.63) is 107 Å². The van der Waals surface area contributed by atoms with Crippen LogP contribution in [0.2, 0.25) is 0 Å². The smallest absolute Gasteiger partial charge is 0.326 e. The van der Waals surface area contributed by atoms with Crippen molar-refractivity contribution in [2.45, 2.75) is 70.1 Å². The minimum absolute atomic E-state index is 0.116. The maximum absolute atomic E-state index is 14.0. The normalized spacial score (nSPS) is 14.6. The lowest BCUT2D eigenvalue weighted by atomic mass is 10.0. The molecule has 0 aromatic heterocycles.